The molecule has 0 radical (unpaired) electrons. The lowest BCUT2D eigenvalue weighted by Crippen LogP contribution is -2.02. The minimum Gasteiger partial charge on any atom is -0.496 e. The summed E-state index contributed by atoms with van der Waals surface area (Å²) in [4.78, 5) is -0.172. The van der Waals surface area contributed by atoms with E-state index in [9.17, 15) is 8.42 Å². The normalized spacial score (nSPS) is 11.5. The first-order valence-electron chi connectivity index (χ1n) is 5.13. The Morgan fingerprint density at radius 3 is 2.56 bits per heavy atom. The summed E-state index contributed by atoms with van der Waals surface area (Å²) in [6.45, 7) is 1.59. The first-order valence-corrected chi connectivity index (χ1v) is 6.57. The van der Waals surface area contributed by atoms with Crippen LogP contribution in [0, 0.1) is 6.92 Å². The molecule has 0 aliphatic carbocycles. The van der Waals surface area contributed by atoms with Crippen LogP contribution in [0.3, 0.4) is 0 Å². The van der Waals surface area contributed by atoms with Gasteiger partial charge in [-0.25, -0.2) is 0 Å². The van der Waals surface area contributed by atoms with Crippen molar-refractivity contribution in [3.8, 4) is 17.1 Å². The van der Waals surface area contributed by atoms with Crippen LogP contribution in [0.25, 0.3) is 11.3 Å². The first-order chi connectivity index (χ1) is 8.43. The largest absolute Gasteiger partial charge is 0.496 e. The molecule has 0 amide bonds. The highest BCUT2D eigenvalue weighted by atomic mass is 32.2. The van der Waals surface area contributed by atoms with Crippen LogP contribution in [-0.2, 0) is 10.1 Å². The van der Waals surface area contributed by atoms with E-state index in [1.54, 1.807) is 25.1 Å². The lowest BCUT2D eigenvalue weighted by molar-refractivity contribution is 0.412. The van der Waals surface area contributed by atoms with Gasteiger partial charge >= 0.3 is 0 Å². The van der Waals surface area contributed by atoms with Gasteiger partial charge in [0.2, 0.25) is 0 Å². The Labute approximate surface area is 105 Å². The maximum absolute atomic E-state index is 11.2. The Hall–Kier alpha value is -1.79. The smallest absolute Gasteiger partial charge is 0.294 e. The summed E-state index contributed by atoms with van der Waals surface area (Å²) in [5.74, 6) is 0.889. The number of furan rings is 1. The molecule has 96 valence electrons. The van der Waals surface area contributed by atoms with Crippen molar-refractivity contribution < 1.29 is 22.1 Å². The van der Waals surface area contributed by atoms with Crippen molar-refractivity contribution in [3.05, 3.63) is 36.1 Å². The zero-order chi connectivity index (χ0) is 13.3. The van der Waals surface area contributed by atoms with Gasteiger partial charge in [-0.3, -0.25) is 4.55 Å². The maximum Gasteiger partial charge on any atom is 0.294 e. The molecular formula is C12H12O5S. The third-order valence-corrected chi connectivity index (χ3v) is 3.56. The molecule has 5 nitrogen and oxygen atoms in total. The molecule has 0 aliphatic heterocycles. The predicted molar refractivity (Wildman–Crippen MR) is 65.2 cm³/mol. The van der Waals surface area contributed by atoms with Crippen LogP contribution >= 0.6 is 0 Å². The Kier molecular flexibility index (Phi) is 3.14. The van der Waals surface area contributed by atoms with Gasteiger partial charge in [0.05, 0.1) is 18.9 Å². The lowest BCUT2D eigenvalue weighted by atomic mass is 10.1. The van der Waals surface area contributed by atoms with Crippen molar-refractivity contribution in [1.82, 2.24) is 0 Å². The summed E-state index contributed by atoms with van der Waals surface area (Å²) >= 11 is 0. The van der Waals surface area contributed by atoms with E-state index in [0.29, 0.717) is 22.6 Å². The van der Waals surface area contributed by atoms with Gasteiger partial charge < -0.3 is 9.15 Å². The molecule has 1 heterocycles. The first kappa shape index (κ1) is 12.7. The number of ether oxygens (including phenoxy) is 1. The van der Waals surface area contributed by atoms with Crippen LogP contribution in [0.1, 0.15) is 5.56 Å². The molecule has 0 bridgehead atoms. The quantitative estimate of drug-likeness (QED) is 0.865. The van der Waals surface area contributed by atoms with Crippen LogP contribution in [0.15, 0.2) is 39.8 Å². The summed E-state index contributed by atoms with van der Waals surface area (Å²) in [7, 11) is -2.84. The standard InChI is InChI=1S/C12H12O5S/c1-8-6-9(10-4-3-5-17-10)11(16-2)7-12(8)18(13,14)15/h3-7H,1-2H3,(H,13,14,15). The fourth-order valence-electron chi connectivity index (χ4n) is 1.74. The Morgan fingerprint density at radius 2 is 2.06 bits per heavy atom. The number of hydrogen-bond donors (Lipinski definition) is 1. The highest BCUT2D eigenvalue weighted by Crippen LogP contribution is 2.34. The van der Waals surface area contributed by atoms with Crippen molar-refractivity contribution in [2.24, 2.45) is 0 Å². The summed E-state index contributed by atoms with van der Waals surface area (Å²) in [6, 6.07) is 6.34. The van der Waals surface area contributed by atoms with E-state index in [0.717, 1.165) is 0 Å². The predicted octanol–water partition coefficient (Wildman–Crippen LogP) is 2.51. The second-order valence-electron chi connectivity index (χ2n) is 3.77. The van der Waals surface area contributed by atoms with E-state index < -0.39 is 10.1 Å². The highest BCUT2D eigenvalue weighted by Gasteiger charge is 2.18. The second kappa shape index (κ2) is 4.47. The summed E-state index contributed by atoms with van der Waals surface area (Å²) in [5, 5.41) is 0. The number of hydrogen-bond acceptors (Lipinski definition) is 4. The molecule has 0 spiro atoms. The SMILES string of the molecule is COc1cc(S(=O)(=O)O)c(C)cc1-c1ccco1. The molecule has 1 aromatic heterocycles. The summed E-state index contributed by atoms with van der Waals surface area (Å²) in [6.07, 6.45) is 1.51. The Bertz CT molecular complexity index is 656. The molecular weight excluding hydrogens is 256 g/mol. The van der Waals surface area contributed by atoms with Gasteiger partial charge in [0, 0.05) is 6.07 Å². The molecule has 0 fully saturated rings. The van der Waals surface area contributed by atoms with Gasteiger partial charge in [0.15, 0.2) is 0 Å². The average Bonchev–Trinajstić information content (AvgIpc) is 2.80. The van der Waals surface area contributed by atoms with Crippen LogP contribution in [0.4, 0.5) is 0 Å². The zero-order valence-electron chi connectivity index (χ0n) is 9.88. The van der Waals surface area contributed by atoms with Crippen LogP contribution in [0.2, 0.25) is 0 Å². The fraction of sp³-hybridized carbons (Fsp3) is 0.167. The Balaban J connectivity index is 2.68. The third-order valence-electron chi connectivity index (χ3n) is 2.56. The maximum atomic E-state index is 11.2. The van der Waals surface area contributed by atoms with Crippen molar-refractivity contribution in [2.45, 2.75) is 11.8 Å². The van der Waals surface area contributed by atoms with Gasteiger partial charge in [0.1, 0.15) is 16.4 Å². The van der Waals surface area contributed by atoms with E-state index in [1.165, 1.54) is 19.4 Å². The molecule has 0 atom stereocenters. The van der Waals surface area contributed by atoms with Gasteiger partial charge in [-0.15, -0.1) is 0 Å². The molecule has 0 unspecified atom stereocenters. The van der Waals surface area contributed by atoms with Gasteiger partial charge in [-0.05, 0) is 30.7 Å². The number of aryl methyl sites for hydroxylation is 1. The van der Waals surface area contributed by atoms with Crippen molar-refractivity contribution in [1.29, 1.82) is 0 Å². The van der Waals surface area contributed by atoms with Crippen molar-refractivity contribution in [3.63, 3.8) is 0 Å². The van der Waals surface area contributed by atoms with Gasteiger partial charge in [-0.2, -0.15) is 8.42 Å². The van der Waals surface area contributed by atoms with E-state index in [2.05, 4.69) is 0 Å². The molecule has 0 saturated heterocycles. The van der Waals surface area contributed by atoms with Crippen LogP contribution in [-0.4, -0.2) is 20.1 Å². The van der Waals surface area contributed by atoms with Crippen LogP contribution < -0.4 is 4.74 Å². The van der Waals surface area contributed by atoms with E-state index in [4.69, 9.17) is 13.7 Å². The molecule has 0 saturated carbocycles. The second-order valence-corrected chi connectivity index (χ2v) is 5.16. The lowest BCUT2D eigenvalue weighted by Gasteiger charge is -2.10. The van der Waals surface area contributed by atoms with E-state index in [1.807, 2.05) is 0 Å². The number of methoxy groups -OCH3 is 1. The molecule has 1 N–H and O–H groups in total. The highest BCUT2D eigenvalue weighted by molar-refractivity contribution is 7.85. The minimum absolute atomic E-state index is 0.172. The third kappa shape index (κ3) is 2.25. The minimum atomic E-state index is -4.26. The molecule has 2 aromatic rings. The van der Waals surface area contributed by atoms with Crippen LogP contribution in [0.5, 0.6) is 5.75 Å². The molecule has 18 heavy (non-hydrogen) atoms. The molecule has 6 heteroatoms. The van der Waals surface area contributed by atoms with Gasteiger partial charge in [0.25, 0.3) is 10.1 Å². The average molecular weight is 268 g/mol. The van der Waals surface area contributed by atoms with E-state index in [-0.39, 0.29) is 4.90 Å². The fourth-order valence-corrected chi connectivity index (χ4v) is 2.46. The number of benzene rings is 1. The van der Waals surface area contributed by atoms with E-state index >= 15 is 0 Å². The summed E-state index contributed by atoms with van der Waals surface area (Å²) in [5.41, 5.74) is 1.05. The topological polar surface area (TPSA) is 76.7 Å². The molecule has 2 rings (SSSR count). The Morgan fingerprint density at radius 1 is 1.33 bits per heavy atom. The van der Waals surface area contributed by atoms with Gasteiger partial charge in [-0.1, -0.05) is 0 Å². The van der Waals surface area contributed by atoms with Crippen molar-refractivity contribution >= 4 is 10.1 Å². The molecule has 0 aliphatic rings. The number of rotatable bonds is 3. The molecule has 1 aromatic carbocycles. The zero-order valence-corrected chi connectivity index (χ0v) is 10.7. The monoisotopic (exact) mass is 268 g/mol. The van der Waals surface area contributed by atoms with Crippen molar-refractivity contribution in [2.75, 3.05) is 7.11 Å². The summed E-state index contributed by atoms with van der Waals surface area (Å²) < 4.78 is 41.9.